The van der Waals surface area contributed by atoms with E-state index < -0.39 is 0 Å². The highest BCUT2D eigenvalue weighted by atomic mass is 35.5. The van der Waals surface area contributed by atoms with Gasteiger partial charge in [0.1, 0.15) is 0 Å². The molecule has 2 atom stereocenters. The van der Waals surface area contributed by atoms with Crippen LogP contribution in [0.1, 0.15) is 21.8 Å². The van der Waals surface area contributed by atoms with Gasteiger partial charge in [0.25, 0.3) is 5.91 Å². The second kappa shape index (κ2) is 8.33. The molecule has 0 saturated carbocycles. The van der Waals surface area contributed by atoms with Gasteiger partial charge in [-0.1, -0.05) is 41.9 Å². The molecule has 0 spiro atoms. The van der Waals surface area contributed by atoms with E-state index in [-0.39, 0.29) is 23.7 Å². The van der Waals surface area contributed by atoms with Gasteiger partial charge < -0.3 is 14.5 Å². The number of halogens is 1. The molecule has 28 heavy (non-hydrogen) atoms. The molecule has 2 aromatic carbocycles. The zero-order valence-electron chi connectivity index (χ0n) is 15.6. The SMILES string of the molecule is O=C(c1ccc(Cl)cc1)N1C[C@@H](C(=O)N2CCOCC2)[C@H](c2ccccc2)C1. The molecule has 6 heteroatoms. The molecule has 146 valence electrons. The van der Waals surface area contributed by atoms with E-state index in [4.69, 9.17) is 16.3 Å². The minimum atomic E-state index is -0.239. The number of amides is 2. The second-order valence-corrected chi connectivity index (χ2v) is 7.71. The van der Waals surface area contributed by atoms with Gasteiger partial charge in [0.2, 0.25) is 5.91 Å². The fourth-order valence-electron chi connectivity index (χ4n) is 4.05. The van der Waals surface area contributed by atoms with Crippen LogP contribution in [-0.4, -0.2) is 61.0 Å². The fraction of sp³-hybridized carbons (Fsp3) is 0.364. The molecular weight excluding hydrogens is 376 g/mol. The summed E-state index contributed by atoms with van der Waals surface area (Å²) in [5.41, 5.74) is 1.69. The number of rotatable bonds is 3. The Balaban J connectivity index is 1.58. The number of carbonyl (C=O) groups excluding carboxylic acids is 2. The molecule has 2 aliphatic heterocycles. The summed E-state index contributed by atoms with van der Waals surface area (Å²) in [7, 11) is 0. The lowest BCUT2D eigenvalue weighted by atomic mass is 9.88. The van der Waals surface area contributed by atoms with Crippen molar-refractivity contribution in [1.29, 1.82) is 0 Å². The average molecular weight is 399 g/mol. The molecular formula is C22H23ClN2O3. The van der Waals surface area contributed by atoms with Gasteiger partial charge in [0.05, 0.1) is 19.1 Å². The lowest BCUT2D eigenvalue weighted by molar-refractivity contribution is -0.139. The summed E-state index contributed by atoms with van der Waals surface area (Å²) in [5.74, 6) is -0.192. The predicted molar refractivity (Wildman–Crippen MR) is 107 cm³/mol. The van der Waals surface area contributed by atoms with Crippen LogP contribution in [-0.2, 0) is 9.53 Å². The van der Waals surface area contributed by atoms with E-state index in [1.54, 1.807) is 29.2 Å². The molecule has 5 nitrogen and oxygen atoms in total. The summed E-state index contributed by atoms with van der Waals surface area (Å²) in [6.45, 7) is 3.33. The maximum atomic E-state index is 13.2. The van der Waals surface area contributed by atoms with Crippen LogP contribution < -0.4 is 0 Å². The standard InChI is InChI=1S/C22H23ClN2O3/c23-18-8-6-17(7-9-18)21(26)25-14-19(16-4-2-1-3-5-16)20(15-25)22(27)24-10-12-28-13-11-24/h1-9,19-20H,10-15H2/t19-,20+/m0/s1. The van der Waals surface area contributed by atoms with Gasteiger partial charge in [-0.3, -0.25) is 9.59 Å². The van der Waals surface area contributed by atoms with Crippen LogP contribution in [0.3, 0.4) is 0 Å². The van der Waals surface area contributed by atoms with Crippen LogP contribution >= 0.6 is 11.6 Å². The van der Waals surface area contributed by atoms with Crippen molar-refractivity contribution in [2.75, 3.05) is 39.4 Å². The van der Waals surface area contributed by atoms with E-state index in [0.29, 0.717) is 50.0 Å². The monoisotopic (exact) mass is 398 g/mol. The van der Waals surface area contributed by atoms with Crippen molar-refractivity contribution < 1.29 is 14.3 Å². The van der Waals surface area contributed by atoms with Crippen LogP contribution in [0, 0.1) is 5.92 Å². The summed E-state index contributed by atoms with van der Waals surface area (Å²) in [5, 5.41) is 0.598. The van der Waals surface area contributed by atoms with Gasteiger partial charge in [-0.05, 0) is 29.8 Å². The molecule has 0 aliphatic carbocycles. The van der Waals surface area contributed by atoms with E-state index in [9.17, 15) is 9.59 Å². The van der Waals surface area contributed by atoms with E-state index in [0.717, 1.165) is 5.56 Å². The number of benzene rings is 2. The lowest BCUT2D eigenvalue weighted by Crippen LogP contribution is -2.45. The molecule has 0 N–H and O–H groups in total. The predicted octanol–water partition coefficient (Wildman–Crippen LogP) is 3.05. The van der Waals surface area contributed by atoms with Gasteiger partial charge in [-0.15, -0.1) is 0 Å². The molecule has 2 amide bonds. The molecule has 0 unspecified atom stereocenters. The number of carbonyl (C=O) groups is 2. The van der Waals surface area contributed by atoms with Gasteiger partial charge in [-0.25, -0.2) is 0 Å². The molecule has 0 aromatic heterocycles. The van der Waals surface area contributed by atoms with Crippen molar-refractivity contribution in [1.82, 2.24) is 9.80 Å². The van der Waals surface area contributed by atoms with Crippen molar-refractivity contribution in [3.8, 4) is 0 Å². The summed E-state index contributed by atoms with van der Waals surface area (Å²) in [4.78, 5) is 29.9. The van der Waals surface area contributed by atoms with Gasteiger partial charge in [0.15, 0.2) is 0 Å². The molecule has 2 heterocycles. The van der Waals surface area contributed by atoms with E-state index >= 15 is 0 Å². The van der Waals surface area contributed by atoms with Crippen molar-refractivity contribution in [2.24, 2.45) is 5.92 Å². The topological polar surface area (TPSA) is 49.9 Å². The zero-order valence-corrected chi connectivity index (χ0v) is 16.3. The highest BCUT2D eigenvalue weighted by Gasteiger charge is 2.42. The molecule has 2 fully saturated rings. The molecule has 0 radical (unpaired) electrons. The van der Waals surface area contributed by atoms with Crippen LogP contribution in [0.15, 0.2) is 54.6 Å². The fourth-order valence-corrected chi connectivity index (χ4v) is 4.18. The Morgan fingerprint density at radius 3 is 2.25 bits per heavy atom. The third kappa shape index (κ3) is 3.91. The van der Waals surface area contributed by atoms with Crippen molar-refractivity contribution in [2.45, 2.75) is 5.92 Å². The smallest absolute Gasteiger partial charge is 0.253 e. The Hall–Kier alpha value is -2.37. The summed E-state index contributed by atoms with van der Waals surface area (Å²) in [6.07, 6.45) is 0. The Morgan fingerprint density at radius 1 is 0.893 bits per heavy atom. The Labute approximate surface area is 169 Å². The third-order valence-electron chi connectivity index (χ3n) is 5.57. The molecule has 4 rings (SSSR count). The number of likely N-dealkylation sites (tertiary alicyclic amines) is 1. The van der Waals surface area contributed by atoms with E-state index in [1.165, 1.54) is 0 Å². The normalized spacial score (nSPS) is 22.3. The Kier molecular flexibility index (Phi) is 5.64. The highest BCUT2D eigenvalue weighted by molar-refractivity contribution is 6.30. The van der Waals surface area contributed by atoms with E-state index in [1.807, 2.05) is 35.2 Å². The maximum absolute atomic E-state index is 13.2. The third-order valence-corrected chi connectivity index (χ3v) is 5.82. The number of ether oxygens (including phenoxy) is 1. The minimum Gasteiger partial charge on any atom is -0.378 e. The average Bonchev–Trinajstić information content (AvgIpc) is 3.20. The lowest BCUT2D eigenvalue weighted by Gasteiger charge is -2.30. The van der Waals surface area contributed by atoms with Gasteiger partial charge in [0, 0.05) is 42.7 Å². The number of hydrogen-bond acceptors (Lipinski definition) is 3. The first kappa shape index (κ1) is 19.0. The zero-order chi connectivity index (χ0) is 19.5. The second-order valence-electron chi connectivity index (χ2n) is 7.28. The Bertz CT molecular complexity index is 835. The number of hydrogen-bond donors (Lipinski definition) is 0. The summed E-state index contributed by atoms with van der Waals surface area (Å²) in [6, 6.07) is 16.9. The van der Waals surface area contributed by atoms with Crippen molar-refractivity contribution in [3.63, 3.8) is 0 Å². The van der Waals surface area contributed by atoms with Crippen molar-refractivity contribution in [3.05, 3.63) is 70.7 Å². The largest absolute Gasteiger partial charge is 0.378 e. The molecule has 2 aromatic rings. The van der Waals surface area contributed by atoms with E-state index in [2.05, 4.69) is 0 Å². The highest BCUT2D eigenvalue weighted by Crippen LogP contribution is 2.35. The van der Waals surface area contributed by atoms with Crippen LogP contribution in [0.25, 0.3) is 0 Å². The van der Waals surface area contributed by atoms with Crippen LogP contribution in [0.5, 0.6) is 0 Å². The number of morpholine rings is 1. The van der Waals surface area contributed by atoms with Gasteiger partial charge in [-0.2, -0.15) is 0 Å². The quantitative estimate of drug-likeness (QED) is 0.798. The van der Waals surface area contributed by atoms with Crippen molar-refractivity contribution >= 4 is 23.4 Å². The first-order valence-corrected chi connectivity index (χ1v) is 9.97. The summed E-state index contributed by atoms with van der Waals surface area (Å²) < 4.78 is 5.38. The van der Waals surface area contributed by atoms with Crippen LogP contribution in [0.2, 0.25) is 5.02 Å². The first-order valence-electron chi connectivity index (χ1n) is 9.60. The first-order chi connectivity index (χ1) is 13.6. The van der Waals surface area contributed by atoms with Gasteiger partial charge >= 0.3 is 0 Å². The molecule has 2 aliphatic rings. The van der Waals surface area contributed by atoms with Crippen LogP contribution in [0.4, 0.5) is 0 Å². The maximum Gasteiger partial charge on any atom is 0.253 e. The minimum absolute atomic E-state index is 0.00667. The molecule has 2 saturated heterocycles. The number of nitrogens with zero attached hydrogens (tertiary/aromatic N) is 2. The Morgan fingerprint density at radius 2 is 1.57 bits per heavy atom. The summed E-state index contributed by atoms with van der Waals surface area (Å²) >= 11 is 5.94. The molecule has 0 bridgehead atoms.